The maximum absolute atomic E-state index is 14.6. The monoisotopic (exact) mass is 602 g/mol. The van der Waals surface area contributed by atoms with E-state index in [1.807, 2.05) is 19.9 Å². The summed E-state index contributed by atoms with van der Waals surface area (Å²) in [5.74, 6) is -3.50. The van der Waals surface area contributed by atoms with Gasteiger partial charge in [-0.25, -0.2) is 0 Å². The van der Waals surface area contributed by atoms with Crippen LogP contribution in [0.3, 0.4) is 0 Å². The van der Waals surface area contributed by atoms with Gasteiger partial charge in [0, 0.05) is 39.1 Å². The van der Waals surface area contributed by atoms with Crippen LogP contribution in [0, 0.1) is 17.8 Å². The van der Waals surface area contributed by atoms with Gasteiger partial charge in [-0.05, 0) is 19.3 Å². The van der Waals surface area contributed by atoms with Crippen LogP contribution >= 0.6 is 0 Å². The molecular weight excluding hydrogens is 556 g/mol. The standard InChI is InChI=1S/C31H46N4O8/c1-4-20(2)22(19-36)35-27-29(39)34(13-12-33-14-16-41-17-15-33)11-7-10-31(27)26(28(35)38)25-23(43-31)8-5-6-9-24(37)32-18-21(3)42-30(25)40/h5,7-8,10,20-23,25-27,36H,4,6,9,11-19H2,1-3H3,(H,32,37)/b8-5-/t20-,21-,22-,23-,25+,26+,27-,31+/m0/s1. The van der Waals surface area contributed by atoms with Crippen molar-refractivity contribution in [3.05, 3.63) is 24.3 Å². The number of nitrogens with one attached hydrogen (secondary N) is 1. The average molecular weight is 603 g/mol. The predicted molar refractivity (Wildman–Crippen MR) is 155 cm³/mol. The molecule has 5 heterocycles. The van der Waals surface area contributed by atoms with E-state index in [4.69, 9.17) is 14.2 Å². The molecule has 0 aromatic rings. The third-order valence-electron chi connectivity index (χ3n) is 9.69. The second-order valence-corrected chi connectivity index (χ2v) is 12.4. The summed E-state index contributed by atoms with van der Waals surface area (Å²) >= 11 is 0. The van der Waals surface area contributed by atoms with Gasteiger partial charge in [-0.2, -0.15) is 0 Å². The summed E-state index contributed by atoms with van der Waals surface area (Å²) < 4.78 is 18.0. The molecule has 8 atom stereocenters. The molecule has 0 radical (unpaired) electrons. The van der Waals surface area contributed by atoms with Crippen LogP contribution in [0.2, 0.25) is 0 Å². The Labute approximate surface area is 253 Å². The Hall–Kier alpha value is -2.80. The molecule has 2 N–H and O–H groups in total. The number of carbonyl (C=O) groups excluding carboxylic acids is 4. The van der Waals surface area contributed by atoms with E-state index in [1.165, 1.54) is 4.90 Å². The fraction of sp³-hybridized carbons (Fsp3) is 0.742. The topological polar surface area (TPSA) is 138 Å². The molecule has 43 heavy (non-hydrogen) atoms. The number of carbonyl (C=O) groups is 4. The number of amides is 3. The summed E-state index contributed by atoms with van der Waals surface area (Å²) in [4.78, 5) is 60.6. The number of fused-ring (bicyclic) bond motifs is 2. The first-order chi connectivity index (χ1) is 20.7. The SMILES string of the molecule is CC[C@H](C)[C@H](CO)N1C(=O)[C@H]2[C@@H]3C(=O)O[C@@H](C)CNC(=O)CC/C=C\[C@@H]3O[C@]23C=CCN(CCN2CCOCC2)C(=O)[C@H]13. The molecule has 1 spiro atoms. The van der Waals surface area contributed by atoms with Crippen molar-refractivity contribution >= 4 is 23.7 Å². The summed E-state index contributed by atoms with van der Waals surface area (Å²) in [6, 6.07) is -1.68. The number of rotatable bonds is 7. The summed E-state index contributed by atoms with van der Waals surface area (Å²) in [7, 11) is 0. The van der Waals surface area contributed by atoms with Crippen molar-refractivity contribution in [1.29, 1.82) is 0 Å². The second kappa shape index (κ2) is 13.5. The van der Waals surface area contributed by atoms with Gasteiger partial charge in [0.1, 0.15) is 23.7 Å². The van der Waals surface area contributed by atoms with Crippen molar-refractivity contribution in [2.24, 2.45) is 17.8 Å². The molecule has 5 rings (SSSR count). The Balaban J connectivity index is 1.53. The zero-order valence-electron chi connectivity index (χ0n) is 25.5. The third kappa shape index (κ3) is 6.11. The fourth-order valence-corrected chi connectivity index (χ4v) is 7.11. The third-order valence-corrected chi connectivity index (χ3v) is 9.69. The van der Waals surface area contributed by atoms with Crippen LogP contribution in [-0.4, -0.2) is 132 Å². The van der Waals surface area contributed by atoms with Gasteiger partial charge in [-0.1, -0.05) is 44.6 Å². The van der Waals surface area contributed by atoms with Gasteiger partial charge in [-0.3, -0.25) is 24.1 Å². The van der Waals surface area contributed by atoms with E-state index in [2.05, 4.69) is 10.2 Å². The molecule has 5 aliphatic heterocycles. The Kier molecular flexibility index (Phi) is 9.89. The van der Waals surface area contributed by atoms with Gasteiger partial charge in [0.25, 0.3) is 0 Å². The van der Waals surface area contributed by atoms with Crippen molar-refractivity contribution in [1.82, 2.24) is 20.0 Å². The largest absolute Gasteiger partial charge is 0.460 e. The highest BCUT2D eigenvalue weighted by Crippen LogP contribution is 2.54. The molecule has 238 valence electrons. The van der Waals surface area contributed by atoms with Crippen LogP contribution in [0.15, 0.2) is 24.3 Å². The maximum Gasteiger partial charge on any atom is 0.313 e. The zero-order valence-corrected chi connectivity index (χ0v) is 25.5. The number of esters is 1. The molecule has 5 aliphatic rings. The molecule has 3 amide bonds. The molecule has 12 heteroatoms. The second-order valence-electron chi connectivity index (χ2n) is 12.4. The van der Waals surface area contributed by atoms with E-state index in [0.717, 1.165) is 13.1 Å². The van der Waals surface area contributed by atoms with Crippen LogP contribution in [0.5, 0.6) is 0 Å². The van der Waals surface area contributed by atoms with Crippen molar-refractivity contribution in [2.45, 2.75) is 69.9 Å². The zero-order chi connectivity index (χ0) is 30.7. The molecule has 0 aromatic carbocycles. The van der Waals surface area contributed by atoms with Crippen LogP contribution in [0.1, 0.15) is 40.0 Å². The van der Waals surface area contributed by atoms with Gasteiger partial charge in [0.15, 0.2) is 0 Å². The highest BCUT2D eigenvalue weighted by molar-refractivity contribution is 5.99. The normalized spacial score (nSPS) is 36.0. The Morgan fingerprint density at radius 1 is 1.12 bits per heavy atom. The van der Waals surface area contributed by atoms with Crippen LogP contribution in [0.4, 0.5) is 0 Å². The van der Waals surface area contributed by atoms with E-state index in [9.17, 15) is 24.3 Å². The number of likely N-dealkylation sites (tertiary alicyclic amines) is 1. The number of allylic oxidation sites excluding steroid dienone is 1. The smallest absolute Gasteiger partial charge is 0.313 e. The number of morpholine rings is 1. The molecule has 12 nitrogen and oxygen atoms in total. The molecule has 0 unspecified atom stereocenters. The first-order valence-corrected chi connectivity index (χ1v) is 15.7. The van der Waals surface area contributed by atoms with Crippen LogP contribution in [0.25, 0.3) is 0 Å². The minimum atomic E-state index is -1.42. The number of aliphatic hydroxyl groups is 1. The average Bonchev–Trinajstić information content (AvgIpc) is 3.39. The lowest BCUT2D eigenvalue weighted by Crippen LogP contribution is -2.59. The first-order valence-electron chi connectivity index (χ1n) is 15.7. The number of hydrogen-bond donors (Lipinski definition) is 2. The molecule has 3 saturated heterocycles. The lowest BCUT2D eigenvalue weighted by Gasteiger charge is -2.40. The fourth-order valence-electron chi connectivity index (χ4n) is 7.11. The van der Waals surface area contributed by atoms with Crippen molar-refractivity contribution in [3.8, 4) is 0 Å². The van der Waals surface area contributed by atoms with Gasteiger partial charge in [-0.15, -0.1) is 0 Å². The van der Waals surface area contributed by atoms with E-state index >= 15 is 0 Å². The van der Waals surface area contributed by atoms with Gasteiger partial charge in [0.05, 0.1) is 44.4 Å². The number of ether oxygens (including phenoxy) is 3. The van der Waals surface area contributed by atoms with E-state index < -0.39 is 47.7 Å². The Bertz CT molecular complexity index is 1120. The summed E-state index contributed by atoms with van der Waals surface area (Å²) in [6.45, 7) is 9.82. The van der Waals surface area contributed by atoms with Crippen LogP contribution < -0.4 is 5.32 Å². The molecule has 3 fully saturated rings. The summed E-state index contributed by atoms with van der Waals surface area (Å²) in [5.41, 5.74) is -1.42. The lowest BCUT2D eigenvalue weighted by atomic mass is 9.78. The Morgan fingerprint density at radius 3 is 2.60 bits per heavy atom. The predicted octanol–water partition coefficient (Wildman–Crippen LogP) is 0.103. The number of aliphatic hydroxyl groups excluding tert-OH is 1. The number of nitrogens with zero attached hydrogens (tertiary/aromatic N) is 3. The minimum absolute atomic E-state index is 0.103. The van der Waals surface area contributed by atoms with E-state index in [1.54, 1.807) is 30.1 Å². The van der Waals surface area contributed by atoms with Gasteiger partial charge < -0.3 is 34.4 Å². The summed E-state index contributed by atoms with van der Waals surface area (Å²) in [6.07, 6.45) is 7.13. The lowest BCUT2D eigenvalue weighted by molar-refractivity contribution is -0.160. The number of cyclic esters (lactones) is 1. The summed E-state index contributed by atoms with van der Waals surface area (Å²) in [5, 5.41) is 13.3. The maximum atomic E-state index is 14.6. The molecular formula is C31H46N4O8. The van der Waals surface area contributed by atoms with Gasteiger partial charge >= 0.3 is 5.97 Å². The highest BCUT2D eigenvalue weighted by atomic mass is 16.6. The highest BCUT2D eigenvalue weighted by Gasteiger charge is 2.72. The van der Waals surface area contributed by atoms with Crippen molar-refractivity contribution in [3.63, 3.8) is 0 Å². The Morgan fingerprint density at radius 2 is 1.88 bits per heavy atom. The van der Waals surface area contributed by atoms with Crippen LogP contribution in [-0.2, 0) is 33.4 Å². The van der Waals surface area contributed by atoms with Gasteiger partial charge in [0.2, 0.25) is 17.7 Å². The van der Waals surface area contributed by atoms with E-state index in [-0.39, 0.29) is 43.2 Å². The first kappa shape index (κ1) is 31.6. The molecule has 0 aliphatic carbocycles. The number of hydrogen-bond acceptors (Lipinski definition) is 9. The molecule has 0 bridgehead atoms. The minimum Gasteiger partial charge on any atom is -0.460 e. The van der Waals surface area contributed by atoms with E-state index in [0.29, 0.717) is 45.7 Å². The van der Waals surface area contributed by atoms with Crippen molar-refractivity contribution in [2.75, 3.05) is 59.1 Å². The molecule has 0 aromatic heterocycles. The molecule has 0 saturated carbocycles. The van der Waals surface area contributed by atoms with Crippen molar-refractivity contribution < 1.29 is 38.5 Å². The quantitative estimate of drug-likeness (QED) is 0.307.